The first kappa shape index (κ1) is 23.6. The van der Waals surface area contributed by atoms with Crippen molar-refractivity contribution < 1.29 is 13.2 Å². The highest BCUT2D eigenvalue weighted by Gasteiger charge is 2.30. The lowest BCUT2D eigenvalue weighted by Crippen LogP contribution is -2.26. The van der Waals surface area contributed by atoms with Crippen LogP contribution < -0.4 is 0 Å². The molecule has 1 heterocycles. The lowest BCUT2D eigenvalue weighted by atomic mass is 9.72. The van der Waals surface area contributed by atoms with E-state index in [1.807, 2.05) is 30.3 Å². The quantitative estimate of drug-likeness (QED) is 0.268. The third kappa shape index (κ3) is 5.92. The van der Waals surface area contributed by atoms with Gasteiger partial charge in [0.15, 0.2) is 9.84 Å². The lowest BCUT2D eigenvalue weighted by molar-refractivity contribution is 0.0506. The van der Waals surface area contributed by atoms with Crippen molar-refractivity contribution >= 4 is 9.84 Å². The van der Waals surface area contributed by atoms with Crippen LogP contribution in [0.4, 0.5) is 0 Å². The van der Waals surface area contributed by atoms with Gasteiger partial charge in [0, 0.05) is 25.5 Å². The summed E-state index contributed by atoms with van der Waals surface area (Å²) in [5.41, 5.74) is 4.48. The van der Waals surface area contributed by atoms with Gasteiger partial charge in [-0.1, -0.05) is 66.7 Å². The molecule has 1 saturated carbocycles. The third-order valence-corrected chi connectivity index (χ3v) is 8.58. The Hall–Kier alpha value is -3.15. The summed E-state index contributed by atoms with van der Waals surface area (Å²) in [6, 6.07) is 29.4. The standard InChI is InChI=1S/C30H31NO3S/c32-35(33,30-10-2-1-3-11-30)23-28-9-5-4-8-27(28)22-34-21-25-18-29(19-25)26-14-12-24(13-15-26)20-31-16-6-7-17-31/h1-17,25,29H,18-23H2. The van der Waals surface area contributed by atoms with E-state index < -0.39 is 9.84 Å². The van der Waals surface area contributed by atoms with Crippen LogP contribution in [-0.4, -0.2) is 19.6 Å². The molecule has 0 atom stereocenters. The first-order valence-electron chi connectivity index (χ1n) is 12.2. The van der Waals surface area contributed by atoms with Crippen molar-refractivity contribution in [2.75, 3.05) is 6.61 Å². The molecule has 4 nitrogen and oxygen atoms in total. The van der Waals surface area contributed by atoms with E-state index in [2.05, 4.69) is 53.4 Å². The van der Waals surface area contributed by atoms with E-state index >= 15 is 0 Å². The molecule has 0 bridgehead atoms. The van der Waals surface area contributed by atoms with E-state index in [-0.39, 0.29) is 5.75 Å². The Labute approximate surface area is 208 Å². The molecule has 0 saturated heterocycles. The van der Waals surface area contributed by atoms with Gasteiger partial charge < -0.3 is 9.30 Å². The maximum Gasteiger partial charge on any atom is 0.182 e. The van der Waals surface area contributed by atoms with Crippen LogP contribution in [0, 0.1) is 5.92 Å². The highest BCUT2D eigenvalue weighted by atomic mass is 32.2. The SMILES string of the molecule is O=S(=O)(Cc1ccccc1COCC1CC(c2ccc(Cn3cccc3)cc2)C1)c1ccccc1. The maximum absolute atomic E-state index is 12.8. The zero-order valence-electron chi connectivity index (χ0n) is 19.8. The fourth-order valence-electron chi connectivity index (χ4n) is 4.82. The zero-order valence-corrected chi connectivity index (χ0v) is 20.6. The second-order valence-corrected chi connectivity index (χ2v) is 11.5. The molecule has 1 fully saturated rings. The molecule has 1 aliphatic carbocycles. The van der Waals surface area contributed by atoms with Crippen LogP contribution in [0.15, 0.2) is 108 Å². The second-order valence-electron chi connectivity index (χ2n) is 9.49. The van der Waals surface area contributed by atoms with Crippen molar-refractivity contribution in [1.29, 1.82) is 0 Å². The molecule has 0 unspecified atom stereocenters. The first-order chi connectivity index (χ1) is 17.1. The van der Waals surface area contributed by atoms with E-state index in [0.717, 1.165) is 30.5 Å². The summed E-state index contributed by atoms with van der Waals surface area (Å²) < 4.78 is 33.9. The van der Waals surface area contributed by atoms with E-state index in [0.29, 0.717) is 29.9 Å². The number of hydrogen-bond acceptors (Lipinski definition) is 3. The highest BCUT2D eigenvalue weighted by molar-refractivity contribution is 7.90. The Morgan fingerprint density at radius 1 is 0.771 bits per heavy atom. The van der Waals surface area contributed by atoms with E-state index in [9.17, 15) is 8.42 Å². The van der Waals surface area contributed by atoms with E-state index in [1.54, 1.807) is 24.3 Å². The number of ether oxygens (including phenoxy) is 1. The average Bonchev–Trinajstić information content (AvgIpc) is 3.36. The van der Waals surface area contributed by atoms with Gasteiger partial charge >= 0.3 is 0 Å². The van der Waals surface area contributed by atoms with Gasteiger partial charge in [0.05, 0.1) is 17.3 Å². The minimum atomic E-state index is -3.38. The topological polar surface area (TPSA) is 48.3 Å². The molecular formula is C30H31NO3S. The summed E-state index contributed by atoms with van der Waals surface area (Å²) in [5, 5.41) is 0. The van der Waals surface area contributed by atoms with Crippen LogP contribution in [-0.2, 0) is 33.5 Å². The summed E-state index contributed by atoms with van der Waals surface area (Å²) in [6.45, 7) is 2.06. The predicted molar refractivity (Wildman–Crippen MR) is 139 cm³/mol. The van der Waals surface area contributed by atoms with Gasteiger partial charge in [-0.2, -0.15) is 0 Å². The molecule has 4 aromatic rings. The van der Waals surface area contributed by atoms with Crippen LogP contribution in [0.25, 0.3) is 0 Å². The van der Waals surface area contributed by atoms with Crippen LogP contribution >= 0.6 is 0 Å². The number of nitrogens with zero attached hydrogens (tertiary/aromatic N) is 1. The summed E-state index contributed by atoms with van der Waals surface area (Å²) in [5.74, 6) is 1.15. The van der Waals surface area contributed by atoms with Crippen molar-refractivity contribution in [2.45, 2.75) is 42.6 Å². The Morgan fingerprint density at radius 3 is 2.14 bits per heavy atom. The molecule has 0 aliphatic heterocycles. The largest absolute Gasteiger partial charge is 0.376 e. The first-order valence-corrected chi connectivity index (χ1v) is 13.8. The average molecular weight is 486 g/mol. The van der Waals surface area contributed by atoms with Crippen LogP contribution in [0.2, 0.25) is 0 Å². The molecule has 35 heavy (non-hydrogen) atoms. The summed E-state index contributed by atoms with van der Waals surface area (Å²) >= 11 is 0. The summed E-state index contributed by atoms with van der Waals surface area (Å²) in [4.78, 5) is 0.356. The minimum Gasteiger partial charge on any atom is -0.376 e. The summed E-state index contributed by atoms with van der Waals surface area (Å²) in [7, 11) is -3.38. The second kappa shape index (κ2) is 10.6. The van der Waals surface area contributed by atoms with Crippen LogP contribution in [0.5, 0.6) is 0 Å². The monoisotopic (exact) mass is 485 g/mol. The number of benzene rings is 3. The van der Waals surface area contributed by atoms with Gasteiger partial charge in [-0.3, -0.25) is 0 Å². The molecule has 0 radical (unpaired) electrons. The van der Waals surface area contributed by atoms with Crippen LogP contribution in [0.1, 0.15) is 41.0 Å². The normalized spacial score (nSPS) is 17.7. The Bertz CT molecular complexity index is 1320. The Balaban J connectivity index is 1.10. The molecule has 5 heteroatoms. The number of sulfone groups is 1. The Kier molecular flexibility index (Phi) is 7.16. The molecular weight excluding hydrogens is 454 g/mol. The third-order valence-electron chi connectivity index (χ3n) is 6.90. The smallest absolute Gasteiger partial charge is 0.182 e. The van der Waals surface area contributed by atoms with Crippen molar-refractivity contribution in [1.82, 2.24) is 4.57 Å². The molecule has 0 spiro atoms. The van der Waals surface area contributed by atoms with Crippen LogP contribution in [0.3, 0.4) is 0 Å². The van der Waals surface area contributed by atoms with Gasteiger partial charge in [0.1, 0.15) is 0 Å². The molecule has 5 rings (SSSR count). The fraction of sp³-hybridized carbons (Fsp3) is 0.267. The molecule has 180 valence electrons. The van der Waals surface area contributed by atoms with Crippen molar-refractivity contribution in [3.05, 3.63) is 126 Å². The number of rotatable bonds is 10. The molecule has 1 aliphatic rings. The van der Waals surface area contributed by atoms with E-state index in [1.165, 1.54) is 11.1 Å². The van der Waals surface area contributed by atoms with Gasteiger partial charge in [-0.15, -0.1) is 0 Å². The van der Waals surface area contributed by atoms with Gasteiger partial charge in [-0.05, 0) is 71.2 Å². The molecule has 1 aromatic heterocycles. The highest BCUT2D eigenvalue weighted by Crippen LogP contribution is 2.41. The Morgan fingerprint density at radius 2 is 1.43 bits per heavy atom. The van der Waals surface area contributed by atoms with Gasteiger partial charge in [0.2, 0.25) is 0 Å². The molecule has 0 amide bonds. The van der Waals surface area contributed by atoms with Crippen molar-refractivity contribution in [3.63, 3.8) is 0 Å². The molecule has 3 aromatic carbocycles. The number of aromatic nitrogens is 1. The lowest BCUT2D eigenvalue weighted by Gasteiger charge is -2.35. The van der Waals surface area contributed by atoms with Gasteiger partial charge in [-0.25, -0.2) is 8.42 Å². The summed E-state index contributed by atoms with van der Waals surface area (Å²) in [6.07, 6.45) is 6.46. The fourth-order valence-corrected chi connectivity index (χ4v) is 6.25. The minimum absolute atomic E-state index is 0.0115. The molecule has 0 N–H and O–H groups in total. The van der Waals surface area contributed by atoms with E-state index in [4.69, 9.17) is 4.74 Å². The van der Waals surface area contributed by atoms with Crippen molar-refractivity contribution in [2.24, 2.45) is 5.92 Å². The van der Waals surface area contributed by atoms with Gasteiger partial charge in [0.25, 0.3) is 0 Å². The number of hydrogen-bond donors (Lipinski definition) is 0. The zero-order chi connectivity index (χ0) is 24.1. The maximum atomic E-state index is 12.8. The van der Waals surface area contributed by atoms with Crippen molar-refractivity contribution in [3.8, 4) is 0 Å². The predicted octanol–water partition coefficient (Wildman–Crippen LogP) is 6.22.